The first-order chi connectivity index (χ1) is 21.5. The van der Waals surface area contributed by atoms with Crippen LogP contribution in [-0.4, -0.2) is 50.9 Å². The molecule has 8 nitrogen and oxygen atoms in total. The van der Waals surface area contributed by atoms with Crippen LogP contribution in [0.4, 0.5) is 0 Å². The zero-order chi connectivity index (χ0) is 31.9. The molecule has 0 aromatic heterocycles. The van der Waals surface area contributed by atoms with E-state index in [1.165, 1.54) is 20.7 Å². The molecule has 4 aromatic carbocycles. The molecule has 4 atom stereocenters. The van der Waals surface area contributed by atoms with Gasteiger partial charge in [0.25, 0.3) is 0 Å². The number of benzene rings is 4. The second-order valence-electron chi connectivity index (χ2n) is 11.8. The Morgan fingerprint density at radius 3 is 1.80 bits per heavy atom. The molecule has 0 aliphatic carbocycles. The van der Waals surface area contributed by atoms with Gasteiger partial charge in [0.15, 0.2) is 0 Å². The third kappa shape index (κ3) is 5.83. The lowest BCUT2D eigenvalue weighted by molar-refractivity contribution is -0.132. The van der Waals surface area contributed by atoms with Crippen molar-refractivity contribution in [3.8, 4) is 5.75 Å². The second-order valence-corrected chi connectivity index (χ2v) is 15.6. The van der Waals surface area contributed by atoms with Crippen LogP contribution in [0.25, 0.3) is 0 Å². The molecule has 2 heterocycles. The van der Waals surface area contributed by atoms with Crippen molar-refractivity contribution in [1.82, 2.24) is 8.61 Å². The normalized spacial score (nSPS) is 23.0. The van der Waals surface area contributed by atoms with E-state index in [1.807, 2.05) is 38.1 Å². The molecule has 10 heteroatoms. The molecule has 4 aromatic rings. The van der Waals surface area contributed by atoms with Gasteiger partial charge in [-0.1, -0.05) is 77.9 Å². The summed E-state index contributed by atoms with van der Waals surface area (Å²) in [5, 5.41) is 0. The van der Waals surface area contributed by atoms with Crippen LogP contribution < -0.4 is 4.74 Å². The molecular formula is C35H36N2O6S2. The molecule has 234 valence electrons. The Morgan fingerprint density at radius 2 is 1.20 bits per heavy atom. The Bertz CT molecular complexity index is 1890. The lowest BCUT2D eigenvalue weighted by Crippen LogP contribution is -2.60. The molecule has 2 saturated heterocycles. The maximum Gasteiger partial charge on any atom is 0.243 e. The minimum absolute atomic E-state index is 0.0538. The van der Waals surface area contributed by atoms with Crippen LogP contribution in [0.2, 0.25) is 0 Å². The van der Waals surface area contributed by atoms with Gasteiger partial charge in [-0.25, -0.2) is 16.8 Å². The molecule has 0 bridgehead atoms. The van der Waals surface area contributed by atoms with E-state index < -0.39 is 44.1 Å². The lowest BCUT2D eigenvalue weighted by Gasteiger charge is -2.51. The van der Waals surface area contributed by atoms with Gasteiger partial charge in [-0.3, -0.25) is 4.79 Å². The van der Waals surface area contributed by atoms with E-state index in [-0.39, 0.29) is 35.0 Å². The smallest absolute Gasteiger partial charge is 0.243 e. The highest BCUT2D eigenvalue weighted by molar-refractivity contribution is 7.89. The van der Waals surface area contributed by atoms with Crippen molar-refractivity contribution in [2.45, 2.75) is 54.6 Å². The maximum absolute atomic E-state index is 14.6. The van der Waals surface area contributed by atoms with Crippen LogP contribution in [0.5, 0.6) is 5.75 Å². The monoisotopic (exact) mass is 644 g/mol. The third-order valence-corrected chi connectivity index (χ3v) is 12.8. The van der Waals surface area contributed by atoms with Gasteiger partial charge < -0.3 is 4.74 Å². The molecule has 2 aliphatic heterocycles. The van der Waals surface area contributed by atoms with Crippen molar-refractivity contribution in [3.05, 3.63) is 125 Å². The number of nitrogens with zero attached hydrogens (tertiary/aromatic N) is 2. The highest BCUT2D eigenvalue weighted by Crippen LogP contribution is 2.48. The Kier molecular flexibility index (Phi) is 8.43. The minimum Gasteiger partial charge on any atom is -0.497 e. The number of piperidine rings is 2. The van der Waals surface area contributed by atoms with Crippen molar-refractivity contribution in [1.29, 1.82) is 0 Å². The molecule has 0 radical (unpaired) electrons. The van der Waals surface area contributed by atoms with Crippen LogP contribution in [0.3, 0.4) is 0 Å². The van der Waals surface area contributed by atoms with Crippen molar-refractivity contribution in [2.24, 2.45) is 5.92 Å². The summed E-state index contributed by atoms with van der Waals surface area (Å²) in [5.41, 5.74) is 3.36. The van der Waals surface area contributed by atoms with Crippen LogP contribution in [0.1, 0.15) is 47.2 Å². The largest absolute Gasteiger partial charge is 0.497 e. The van der Waals surface area contributed by atoms with Crippen molar-refractivity contribution < 1.29 is 26.4 Å². The summed E-state index contributed by atoms with van der Waals surface area (Å²) >= 11 is 0. The van der Waals surface area contributed by atoms with Crippen LogP contribution in [-0.2, 0) is 24.8 Å². The number of rotatable bonds is 7. The number of Topliss-reactive ketones (excluding diaryl/α,β-unsaturated/α-hetero) is 1. The highest BCUT2D eigenvalue weighted by atomic mass is 32.2. The van der Waals surface area contributed by atoms with Gasteiger partial charge in [-0.15, -0.1) is 0 Å². The van der Waals surface area contributed by atoms with Crippen LogP contribution in [0.15, 0.2) is 113 Å². The van der Waals surface area contributed by atoms with E-state index in [0.717, 1.165) is 16.7 Å². The fourth-order valence-corrected chi connectivity index (χ4v) is 10.1. The fourth-order valence-electron chi connectivity index (χ4n) is 6.57. The van der Waals surface area contributed by atoms with Crippen LogP contribution >= 0.6 is 0 Å². The standard InChI is InChI=1S/C35H36N2O6S2/c1-24-9-13-27(14-10-24)33-22-35(38)31-23-36(44(39,40)29-7-5-4-6-8-29)32(26-15-17-28(43-3)18-16-26)21-34(31)37(33)45(41,42)30-19-11-25(2)12-20-30/h4-20,31-34H,21-23H2,1-3H3/t31-,32?,33?,34+/m1/s1. The number of hydrogen-bond acceptors (Lipinski definition) is 6. The van der Waals surface area contributed by atoms with E-state index in [1.54, 1.807) is 73.8 Å². The van der Waals surface area contributed by atoms with Crippen molar-refractivity contribution in [2.75, 3.05) is 13.7 Å². The second kappa shape index (κ2) is 12.2. The highest BCUT2D eigenvalue weighted by Gasteiger charge is 2.54. The Labute approximate surface area is 265 Å². The number of hydrogen-bond donors (Lipinski definition) is 0. The molecule has 0 amide bonds. The molecular weight excluding hydrogens is 609 g/mol. The fraction of sp³-hybridized carbons (Fsp3) is 0.286. The number of methoxy groups -OCH3 is 1. The van der Waals surface area contributed by atoms with E-state index in [0.29, 0.717) is 11.3 Å². The van der Waals surface area contributed by atoms with E-state index in [2.05, 4.69) is 0 Å². The number of ketones is 1. The molecule has 2 fully saturated rings. The molecule has 2 unspecified atom stereocenters. The molecule has 2 aliphatic rings. The average molecular weight is 645 g/mol. The van der Waals surface area contributed by atoms with Crippen molar-refractivity contribution >= 4 is 25.8 Å². The predicted molar refractivity (Wildman–Crippen MR) is 172 cm³/mol. The SMILES string of the molecule is COc1ccc(C2C[C@H]3[C@@H](CN2S(=O)(=O)c2ccccc2)C(=O)CC(c2ccc(C)cc2)N3S(=O)(=O)c2ccc(C)cc2)cc1. The van der Waals surface area contributed by atoms with Gasteiger partial charge in [0.1, 0.15) is 11.5 Å². The number of carbonyl (C=O) groups is 1. The molecule has 45 heavy (non-hydrogen) atoms. The first kappa shape index (κ1) is 31.2. The Balaban J connectivity index is 1.51. The summed E-state index contributed by atoms with van der Waals surface area (Å²) in [5.74, 6) is -0.386. The number of ether oxygens (including phenoxy) is 1. The summed E-state index contributed by atoms with van der Waals surface area (Å²) in [6.45, 7) is 3.70. The summed E-state index contributed by atoms with van der Waals surface area (Å²) in [7, 11) is -6.60. The number of fused-ring (bicyclic) bond motifs is 1. The topological polar surface area (TPSA) is 101 Å². The zero-order valence-corrected chi connectivity index (χ0v) is 27.0. The molecule has 6 rings (SSSR count). The average Bonchev–Trinajstić information content (AvgIpc) is 3.05. The van der Waals surface area contributed by atoms with Gasteiger partial charge in [0.2, 0.25) is 20.0 Å². The molecule has 0 saturated carbocycles. The van der Waals surface area contributed by atoms with Gasteiger partial charge >= 0.3 is 0 Å². The first-order valence-corrected chi connectivity index (χ1v) is 17.8. The van der Waals surface area contributed by atoms with Crippen molar-refractivity contribution in [3.63, 3.8) is 0 Å². The third-order valence-electron chi connectivity index (χ3n) is 9.00. The molecule has 0 spiro atoms. The van der Waals surface area contributed by atoms with Gasteiger partial charge in [-0.05, 0) is 67.8 Å². The van der Waals surface area contributed by atoms with E-state index in [9.17, 15) is 21.6 Å². The summed E-state index contributed by atoms with van der Waals surface area (Å²) in [6, 6.07) is 27.3. The zero-order valence-electron chi connectivity index (χ0n) is 25.4. The number of carbonyl (C=O) groups excluding carboxylic acids is 1. The van der Waals surface area contributed by atoms with Crippen LogP contribution in [0, 0.1) is 19.8 Å². The van der Waals surface area contributed by atoms with E-state index in [4.69, 9.17) is 4.74 Å². The first-order valence-electron chi connectivity index (χ1n) is 14.9. The quantitative estimate of drug-likeness (QED) is 0.251. The summed E-state index contributed by atoms with van der Waals surface area (Å²) < 4.78 is 65.8. The van der Waals surface area contributed by atoms with E-state index >= 15 is 0 Å². The molecule has 0 N–H and O–H groups in total. The Hall–Kier alpha value is -3.83. The van der Waals surface area contributed by atoms with Gasteiger partial charge in [0.05, 0.1) is 29.0 Å². The lowest BCUT2D eigenvalue weighted by atomic mass is 9.77. The predicted octanol–water partition coefficient (Wildman–Crippen LogP) is 5.84. The Morgan fingerprint density at radius 1 is 0.667 bits per heavy atom. The number of sulfonamides is 2. The van der Waals surface area contributed by atoms with Gasteiger partial charge in [-0.2, -0.15) is 8.61 Å². The summed E-state index contributed by atoms with van der Waals surface area (Å²) in [4.78, 5) is 14.3. The minimum atomic E-state index is -4.11. The number of aryl methyl sites for hydroxylation is 2. The maximum atomic E-state index is 14.6. The summed E-state index contributed by atoms with van der Waals surface area (Å²) in [6.07, 6.45) is 0.0456. The van der Waals surface area contributed by atoms with Gasteiger partial charge in [0, 0.05) is 24.9 Å².